The summed E-state index contributed by atoms with van der Waals surface area (Å²) in [5.74, 6) is 0.309. The molecule has 1 atom stereocenters. The minimum absolute atomic E-state index is 0.209. The maximum Gasteiger partial charge on any atom is 0.237 e. The highest BCUT2D eigenvalue weighted by molar-refractivity contribution is 8.00. The number of carbonyl (C=O) groups excluding carboxylic acids is 1. The summed E-state index contributed by atoms with van der Waals surface area (Å²) in [5.41, 5.74) is 12.3. The molecule has 2 rings (SSSR count). The van der Waals surface area contributed by atoms with Gasteiger partial charge in [-0.3, -0.25) is 4.79 Å². The molecule has 1 amide bonds. The summed E-state index contributed by atoms with van der Waals surface area (Å²) in [4.78, 5) is 20.2. The van der Waals surface area contributed by atoms with Crippen molar-refractivity contribution in [2.75, 3.05) is 16.8 Å². The number of nitriles is 1. The summed E-state index contributed by atoms with van der Waals surface area (Å²) in [6, 6.07) is 10.1. The van der Waals surface area contributed by atoms with Crippen LogP contribution in [-0.2, 0) is 4.79 Å². The van der Waals surface area contributed by atoms with Crippen LogP contribution in [0.1, 0.15) is 12.5 Å². The summed E-state index contributed by atoms with van der Waals surface area (Å²) in [6.45, 7) is 1.73. The van der Waals surface area contributed by atoms with Gasteiger partial charge in [-0.15, -0.1) is 0 Å². The Hall–Kier alpha value is -2.79. The van der Waals surface area contributed by atoms with E-state index in [-0.39, 0.29) is 17.5 Å². The Balaban J connectivity index is 2.00. The van der Waals surface area contributed by atoms with Crippen molar-refractivity contribution in [1.29, 1.82) is 5.26 Å². The van der Waals surface area contributed by atoms with Crippen molar-refractivity contribution >= 4 is 35.0 Å². The molecule has 0 radical (unpaired) electrons. The van der Waals surface area contributed by atoms with Crippen LogP contribution in [-0.4, -0.2) is 21.1 Å². The zero-order chi connectivity index (χ0) is 16.1. The van der Waals surface area contributed by atoms with Gasteiger partial charge in [-0.2, -0.15) is 5.26 Å². The summed E-state index contributed by atoms with van der Waals surface area (Å²) in [5, 5.41) is 11.4. The first-order valence-electron chi connectivity index (χ1n) is 6.35. The Morgan fingerprint density at radius 1 is 1.27 bits per heavy atom. The molecule has 0 saturated carbocycles. The zero-order valence-electron chi connectivity index (χ0n) is 11.8. The maximum atomic E-state index is 12.1. The molecule has 0 unspecified atom stereocenters. The van der Waals surface area contributed by atoms with Crippen LogP contribution in [0.4, 0.5) is 17.3 Å². The van der Waals surface area contributed by atoms with Gasteiger partial charge in [-0.25, -0.2) is 9.97 Å². The first kappa shape index (κ1) is 15.6. The fourth-order valence-electron chi connectivity index (χ4n) is 1.60. The molecule has 0 aliphatic rings. The predicted octanol–water partition coefficient (Wildman–Crippen LogP) is 1.63. The van der Waals surface area contributed by atoms with Gasteiger partial charge >= 0.3 is 0 Å². The highest BCUT2D eigenvalue weighted by Crippen LogP contribution is 2.22. The van der Waals surface area contributed by atoms with Crippen molar-refractivity contribution in [2.45, 2.75) is 17.3 Å². The summed E-state index contributed by atoms with van der Waals surface area (Å²) < 4.78 is 0. The molecule has 0 fully saturated rings. The predicted molar refractivity (Wildman–Crippen MR) is 86.0 cm³/mol. The van der Waals surface area contributed by atoms with Gasteiger partial charge in [0.2, 0.25) is 5.91 Å². The third-order valence-electron chi connectivity index (χ3n) is 2.68. The number of nitrogens with zero attached hydrogens (tertiary/aromatic N) is 3. The van der Waals surface area contributed by atoms with Gasteiger partial charge in [0.1, 0.15) is 11.6 Å². The average Bonchev–Trinajstić information content (AvgIpc) is 2.46. The normalized spacial score (nSPS) is 11.5. The minimum atomic E-state index is -0.433. The molecule has 0 bridgehead atoms. The Bertz CT molecular complexity index is 705. The van der Waals surface area contributed by atoms with E-state index in [2.05, 4.69) is 15.3 Å². The lowest BCUT2D eigenvalue weighted by molar-refractivity contribution is -0.115. The van der Waals surface area contributed by atoms with Crippen molar-refractivity contribution in [3.8, 4) is 6.07 Å². The molecule has 0 saturated heterocycles. The van der Waals surface area contributed by atoms with Crippen LogP contribution < -0.4 is 16.8 Å². The number of aromatic nitrogens is 2. The Kier molecular flexibility index (Phi) is 4.80. The number of thioether (sulfide) groups is 1. The topological polar surface area (TPSA) is 131 Å². The fourth-order valence-corrected chi connectivity index (χ4v) is 2.40. The van der Waals surface area contributed by atoms with Crippen LogP contribution in [0.25, 0.3) is 0 Å². The molecule has 112 valence electrons. The lowest BCUT2D eigenvalue weighted by Crippen LogP contribution is -2.22. The van der Waals surface area contributed by atoms with Crippen molar-refractivity contribution in [3.63, 3.8) is 0 Å². The molecule has 5 N–H and O–H groups in total. The number of anilines is 3. The van der Waals surface area contributed by atoms with E-state index in [1.165, 1.54) is 6.07 Å². The van der Waals surface area contributed by atoms with E-state index in [1.54, 1.807) is 31.2 Å². The quantitative estimate of drug-likeness (QED) is 0.577. The van der Waals surface area contributed by atoms with E-state index in [0.29, 0.717) is 16.4 Å². The Morgan fingerprint density at radius 2 is 1.86 bits per heavy atom. The molecular formula is C14H14N6OS. The number of rotatable bonds is 4. The third-order valence-corrected chi connectivity index (χ3v) is 3.64. The third kappa shape index (κ3) is 4.10. The SMILES string of the molecule is C[C@H](Sc1nc(N)cc(N)n1)C(=O)Nc1ccc(C#N)cc1. The minimum Gasteiger partial charge on any atom is -0.383 e. The van der Waals surface area contributed by atoms with Gasteiger partial charge < -0.3 is 16.8 Å². The molecule has 0 aliphatic heterocycles. The molecule has 2 aromatic rings. The second-order valence-electron chi connectivity index (χ2n) is 4.44. The number of amides is 1. The number of benzene rings is 1. The van der Waals surface area contributed by atoms with E-state index in [0.717, 1.165) is 11.8 Å². The molecule has 22 heavy (non-hydrogen) atoms. The number of nitrogen functional groups attached to an aromatic ring is 2. The number of nitrogens with one attached hydrogen (secondary N) is 1. The van der Waals surface area contributed by atoms with Crippen molar-refractivity contribution in [1.82, 2.24) is 9.97 Å². The number of carbonyl (C=O) groups is 1. The van der Waals surface area contributed by atoms with Crippen LogP contribution in [0.3, 0.4) is 0 Å². The number of hydrogen-bond acceptors (Lipinski definition) is 7. The van der Waals surface area contributed by atoms with Crippen molar-refractivity contribution < 1.29 is 4.79 Å². The molecule has 1 heterocycles. The lowest BCUT2D eigenvalue weighted by Gasteiger charge is -2.11. The van der Waals surface area contributed by atoms with Crippen molar-refractivity contribution in [2.24, 2.45) is 0 Å². The molecule has 1 aromatic heterocycles. The Labute approximate surface area is 131 Å². The molecule has 7 nitrogen and oxygen atoms in total. The Morgan fingerprint density at radius 3 is 2.41 bits per heavy atom. The highest BCUT2D eigenvalue weighted by atomic mass is 32.2. The monoisotopic (exact) mass is 314 g/mol. The first-order valence-corrected chi connectivity index (χ1v) is 7.23. The smallest absolute Gasteiger partial charge is 0.237 e. The average molecular weight is 314 g/mol. The van der Waals surface area contributed by atoms with E-state index >= 15 is 0 Å². The van der Waals surface area contributed by atoms with Crippen LogP contribution in [0.5, 0.6) is 0 Å². The van der Waals surface area contributed by atoms with Gasteiger partial charge in [0, 0.05) is 11.8 Å². The largest absolute Gasteiger partial charge is 0.383 e. The second-order valence-corrected chi connectivity index (χ2v) is 5.75. The number of nitrogens with two attached hydrogens (primary N) is 2. The molecule has 8 heteroatoms. The fraction of sp³-hybridized carbons (Fsp3) is 0.143. The van der Waals surface area contributed by atoms with Gasteiger partial charge in [0.25, 0.3) is 0 Å². The van der Waals surface area contributed by atoms with Crippen LogP contribution in [0.15, 0.2) is 35.5 Å². The molecule has 0 spiro atoms. The summed E-state index contributed by atoms with van der Waals surface area (Å²) >= 11 is 1.16. The molecule has 1 aromatic carbocycles. The highest BCUT2D eigenvalue weighted by Gasteiger charge is 2.16. The molecular weight excluding hydrogens is 300 g/mol. The van der Waals surface area contributed by atoms with E-state index in [9.17, 15) is 4.79 Å². The zero-order valence-corrected chi connectivity index (χ0v) is 12.6. The van der Waals surface area contributed by atoms with E-state index < -0.39 is 5.25 Å². The molecule has 0 aliphatic carbocycles. The van der Waals surface area contributed by atoms with Gasteiger partial charge in [-0.1, -0.05) is 11.8 Å². The second kappa shape index (κ2) is 6.78. The van der Waals surface area contributed by atoms with Gasteiger partial charge in [0.05, 0.1) is 16.9 Å². The standard InChI is InChI=1S/C14H14N6OS/c1-8(22-14-19-11(16)6-12(17)20-14)13(21)18-10-4-2-9(7-15)3-5-10/h2-6,8H,1H3,(H,18,21)(H4,16,17,19,20)/t8-/m0/s1. The van der Waals surface area contributed by atoms with E-state index in [1.807, 2.05) is 6.07 Å². The number of hydrogen-bond donors (Lipinski definition) is 3. The summed E-state index contributed by atoms with van der Waals surface area (Å²) in [7, 11) is 0. The lowest BCUT2D eigenvalue weighted by atomic mass is 10.2. The van der Waals surface area contributed by atoms with Crippen LogP contribution in [0.2, 0.25) is 0 Å². The first-order chi connectivity index (χ1) is 10.5. The van der Waals surface area contributed by atoms with Gasteiger partial charge in [0.15, 0.2) is 5.16 Å². The van der Waals surface area contributed by atoms with E-state index in [4.69, 9.17) is 16.7 Å². The summed E-state index contributed by atoms with van der Waals surface area (Å²) in [6.07, 6.45) is 0. The maximum absolute atomic E-state index is 12.1. The van der Waals surface area contributed by atoms with Gasteiger partial charge in [-0.05, 0) is 31.2 Å². The van der Waals surface area contributed by atoms with Crippen LogP contribution >= 0.6 is 11.8 Å². The van der Waals surface area contributed by atoms with Crippen LogP contribution in [0, 0.1) is 11.3 Å². The van der Waals surface area contributed by atoms with Crippen molar-refractivity contribution in [3.05, 3.63) is 35.9 Å².